The maximum Gasteiger partial charge on any atom is 0.264 e. The van der Waals surface area contributed by atoms with Crippen molar-refractivity contribution in [2.45, 2.75) is 26.4 Å². The van der Waals surface area contributed by atoms with Crippen LogP contribution in [0.15, 0.2) is 24.3 Å². The monoisotopic (exact) mass is 397 g/mol. The summed E-state index contributed by atoms with van der Waals surface area (Å²) in [4.78, 5) is 13.9. The first-order chi connectivity index (χ1) is 13.3. The van der Waals surface area contributed by atoms with Crippen LogP contribution in [0.4, 0.5) is 27.6 Å². The van der Waals surface area contributed by atoms with Crippen LogP contribution in [0.2, 0.25) is 0 Å². The number of hydrogen-bond acceptors (Lipinski definition) is 2. The van der Waals surface area contributed by atoms with Gasteiger partial charge in [-0.2, -0.15) is 0 Å². The molecular formula is C20H16F5NO2. The van der Waals surface area contributed by atoms with Crippen LogP contribution in [-0.2, 0) is 0 Å². The summed E-state index contributed by atoms with van der Waals surface area (Å²) >= 11 is 0. The lowest BCUT2D eigenvalue weighted by Gasteiger charge is -2.35. The van der Waals surface area contributed by atoms with Crippen molar-refractivity contribution in [1.82, 2.24) is 0 Å². The molecule has 3 nitrogen and oxygen atoms in total. The third kappa shape index (κ3) is 3.12. The second-order valence-electron chi connectivity index (χ2n) is 6.20. The van der Waals surface area contributed by atoms with Gasteiger partial charge in [0, 0.05) is 5.56 Å². The molecule has 8 heteroatoms. The van der Waals surface area contributed by atoms with Crippen molar-refractivity contribution in [3.05, 3.63) is 64.5 Å². The largest absolute Gasteiger partial charge is 0.486 e. The Bertz CT molecular complexity index is 945. The summed E-state index contributed by atoms with van der Waals surface area (Å²) in [5.74, 6) is -12.0. The number of rotatable bonds is 3. The normalized spacial score (nSPS) is 16.2. The highest BCUT2D eigenvalue weighted by molar-refractivity contribution is 6.08. The Labute approximate surface area is 158 Å². The number of carbonyl (C=O) groups is 1. The van der Waals surface area contributed by atoms with E-state index in [1.807, 2.05) is 0 Å². The van der Waals surface area contributed by atoms with Crippen LogP contribution in [0.5, 0.6) is 5.75 Å². The molecule has 0 bridgehead atoms. The maximum absolute atomic E-state index is 14.2. The van der Waals surface area contributed by atoms with Crippen LogP contribution in [0.3, 0.4) is 0 Å². The first-order valence-corrected chi connectivity index (χ1v) is 8.57. The van der Waals surface area contributed by atoms with Crippen LogP contribution in [-0.4, -0.2) is 18.6 Å². The molecule has 0 aromatic heterocycles. The Kier molecular flexibility index (Phi) is 5.40. The summed E-state index contributed by atoms with van der Waals surface area (Å²) < 4.78 is 74.6. The van der Waals surface area contributed by atoms with Crippen molar-refractivity contribution in [1.29, 1.82) is 0 Å². The molecule has 0 N–H and O–H groups in total. The number of carbonyl (C=O) groups excluding carboxylic acids is 1. The van der Waals surface area contributed by atoms with Gasteiger partial charge in [-0.1, -0.05) is 31.2 Å². The van der Waals surface area contributed by atoms with E-state index in [0.717, 1.165) is 4.90 Å². The van der Waals surface area contributed by atoms with Gasteiger partial charge in [0.25, 0.3) is 5.91 Å². The quantitative estimate of drug-likeness (QED) is 0.403. The third-order valence-corrected chi connectivity index (χ3v) is 4.46. The van der Waals surface area contributed by atoms with Crippen LogP contribution in [0.25, 0.3) is 6.08 Å². The molecule has 1 amide bonds. The van der Waals surface area contributed by atoms with Crippen LogP contribution >= 0.6 is 0 Å². The number of halogens is 5. The number of fused-ring (bicyclic) bond motifs is 1. The standard InChI is InChI=1S/C20H16F5NO2/c1-3-6-10-7-5-8-12-19(10)28-11(4-2)9-26(12)20(27)13-14(21)16(23)18(25)17(24)15(13)22/h3,5-8,11H,4,9H2,1-2H3/b6-3+. The summed E-state index contributed by atoms with van der Waals surface area (Å²) in [5.41, 5.74) is -0.682. The summed E-state index contributed by atoms with van der Waals surface area (Å²) in [7, 11) is 0. The summed E-state index contributed by atoms with van der Waals surface area (Å²) in [6.07, 6.45) is 3.41. The molecule has 1 atom stereocenters. The SMILES string of the molecule is C/C=C/c1cccc2c1OC(CC)CN2C(=O)c1c(F)c(F)c(F)c(F)c1F. The predicted octanol–water partition coefficient (Wildman–Crippen LogP) is 5.23. The highest BCUT2D eigenvalue weighted by Crippen LogP contribution is 2.39. The zero-order valence-electron chi connectivity index (χ0n) is 15.0. The van der Waals surface area contributed by atoms with Gasteiger partial charge < -0.3 is 9.64 Å². The van der Waals surface area contributed by atoms with E-state index in [1.54, 1.807) is 38.1 Å². The highest BCUT2D eigenvalue weighted by Gasteiger charge is 2.36. The van der Waals surface area contributed by atoms with E-state index in [4.69, 9.17) is 4.74 Å². The van der Waals surface area contributed by atoms with Gasteiger partial charge in [-0.15, -0.1) is 0 Å². The van der Waals surface area contributed by atoms with E-state index in [1.165, 1.54) is 6.07 Å². The minimum atomic E-state index is -2.31. The molecule has 0 aliphatic carbocycles. The van der Waals surface area contributed by atoms with Gasteiger partial charge in [-0.05, 0) is 19.4 Å². The molecule has 0 spiro atoms. The molecule has 1 heterocycles. The summed E-state index contributed by atoms with van der Waals surface area (Å²) in [6.45, 7) is 3.47. The number of hydrogen-bond donors (Lipinski definition) is 0. The number of nitrogens with zero attached hydrogens (tertiary/aromatic N) is 1. The van der Waals surface area contributed by atoms with E-state index >= 15 is 0 Å². The molecule has 0 radical (unpaired) electrons. The minimum Gasteiger partial charge on any atom is -0.486 e. The van der Waals surface area contributed by atoms with E-state index in [-0.39, 0.29) is 12.2 Å². The molecular weight excluding hydrogens is 381 g/mol. The molecule has 0 saturated heterocycles. The van der Waals surface area contributed by atoms with Crippen molar-refractivity contribution in [2.24, 2.45) is 0 Å². The summed E-state index contributed by atoms with van der Waals surface area (Å²) in [6, 6.07) is 4.80. The molecule has 2 aromatic rings. The molecule has 1 unspecified atom stereocenters. The van der Waals surface area contributed by atoms with Gasteiger partial charge in [0.1, 0.15) is 11.7 Å². The van der Waals surface area contributed by atoms with Gasteiger partial charge in [-0.25, -0.2) is 22.0 Å². The molecule has 0 fully saturated rings. The van der Waals surface area contributed by atoms with Crippen molar-refractivity contribution in [3.63, 3.8) is 0 Å². The molecule has 0 saturated carbocycles. The fraction of sp³-hybridized carbons (Fsp3) is 0.250. The zero-order valence-corrected chi connectivity index (χ0v) is 15.0. The number of amides is 1. The first kappa shape index (κ1) is 19.9. The molecule has 1 aliphatic rings. The Morgan fingerprint density at radius 2 is 1.71 bits per heavy atom. The first-order valence-electron chi connectivity index (χ1n) is 8.57. The van der Waals surface area contributed by atoms with E-state index < -0.39 is 46.7 Å². The lowest BCUT2D eigenvalue weighted by molar-refractivity contribution is 0.0943. The number of para-hydroxylation sites is 1. The predicted molar refractivity (Wildman–Crippen MR) is 93.8 cm³/mol. The van der Waals surface area contributed by atoms with Gasteiger partial charge in [0.05, 0.1) is 12.2 Å². The topological polar surface area (TPSA) is 29.5 Å². The molecule has 3 rings (SSSR count). The number of anilines is 1. The third-order valence-electron chi connectivity index (χ3n) is 4.46. The van der Waals surface area contributed by atoms with Crippen LogP contribution in [0.1, 0.15) is 36.2 Å². The zero-order chi connectivity index (χ0) is 20.6. The maximum atomic E-state index is 14.2. The Balaban J connectivity index is 2.18. The van der Waals surface area contributed by atoms with Gasteiger partial charge in [-0.3, -0.25) is 4.79 Å². The van der Waals surface area contributed by atoms with E-state index in [9.17, 15) is 26.7 Å². The van der Waals surface area contributed by atoms with E-state index in [2.05, 4.69) is 0 Å². The fourth-order valence-corrected chi connectivity index (χ4v) is 3.03. The second kappa shape index (κ2) is 7.61. The average Bonchev–Trinajstić information content (AvgIpc) is 2.70. The van der Waals surface area contributed by atoms with Crippen molar-refractivity contribution in [3.8, 4) is 5.75 Å². The van der Waals surface area contributed by atoms with Crippen molar-refractivity contribution < 1.29 is 31.5 Å². The van der Waals surface area contributed by atoms with Gasteiger partial charge in [0.15, 0.2) is 29.0 Å². The molecule has 148 valence electrons. The average molecular weight is 397 g/mol. The molecule has 1 aliphatic heterocycles. The Hall–Kier alpha value is -2.90. The van der Waals surface area contributed by atoms with Crippen LogP contribution < -0.4 is 9.64 Å². The van der Waals surface area contributed by atoms with E-state index in [0.29, 0.717) is 17.7 Å². The molecule has 2 aromatic carbocycles. The van der Waals surface area contributed by atoms with Crippen LogP contribution in [0, 0.1) is 29.1 Å². The smallest absolute Gasteiger partial charge is 0.264 e. The lowest BCUT2D eigenvalue weighted by atomic mass is 10.0. The van der Waals surface area contributed by atoms with Gasteiger partial charge >= 0.3 is 0 Å². The highest BCUT2D eigenvalue weighted by atomic mass is 19.2. The second-order valence-corrected chi connectivity index (χ2v) is 6.20. The minimum absolute atomic E-state index is 0.0961. The summed E-state index contributed by atoms with van der Waals surface area (Å²) in [5, 5.41) is 0. The number of ether oxygens (including phenoxy) is 1. The van der Waals surface area contributed by atoms with Crippen molar-refractivity contribution in [2.75, 3.05) is 11.4 Å². The fourth-order valence-electron chi connectivity index (χ4n) is 3.03. The Morgan fingerprint density at radius 1 is 1.11 bits per heavy atom. The van der Waals surface area contributed by atoms with Crippen molar-refractivity contribution >= 4 is 17.7 Å². The molecule has 28 heavy (non-hydrogen) atoms. The van der Waals surface area contributed by atoms with Gasteiger partial charge in [0.2, 0.25) is 5.82 Å². The Morgan fingerprint density at radius 3 is 2.29 bits per heavy atom. The number of benzene rings is 2. The lowest BCUT2D eigenvalue weighted by Crippen LogP contribution is -2.44. The number of allylic oxidation sites excluding steroid dienone is 1.